The van der Waals surface area contributed by atoms with Crippen LogP contribution in [0.15, 0.2) is 30.6 Å². The van der Waals surface area contributed by atoms with Crippen LogP contribution in [0.5, 0.6) is 0 Å². The first-order valence-electron chi connectivity index (χ1n) is 7.61. The molecule has 2 aliphatic heterocycles. The molecule has 3 rings (SSSR count). The number of nitrogens with zero attached hydrogens (tertiary/aromatic N) is 2. The first kappa shape index (κ1) is 14.3. The second kappa shape index (κ2) is 5.60. The second-order valence-electron chi connectivity index (χ2n) is 6.42. The number of carbonyl (C=O) groups excluding carboxylic acids is 1. The van der Waals surface area contributed by atoms with E-state index in [0.717, 1.165) is 31.4 Å². The highest BCUT2D eigenvalue weighted by molar-refractivity contribution is 5.84. The van der Waals surface area contributed by atoms with E-state index in [1.54, 1.807) is 12.4 Å². The first-order valence-corrected chi connectivity index (χ1v) is 7.61. The van der Waals surface area contributed by atoms with Crippen LogP contribution in [0.25, 0.3) is 5.57 Å². The third-order valence-corrected chi connectivity index (χ3v) is 4.26. The van der Waals surface area contributed by atoms with Crippen LogP contribution in [-0.4, -0.2) is 40.6 Å². The lowest BCUT2D eigenvalue weighted by atomic mass is 10.0. The number of pyridine rings is 1. The van der Waals surface area contributed by atoms with Crippen LogP contribution in [-0.2, 0) is 9.53 Å². The standard InChI is InChI=1S/C17H22N2O2/c1-17(2)8-5-15(21-17)16(20)19-11-3-4-14(12-19)13-6-9-18-10-7-13/h4,6-7,9-10,15H,3,5,8,11-12H2,1-2H3. The summed E-state index contributed by atoms with van der Waals surface area (Å²) >= 11 is 0. The lowest BCUT2D eigenvalue weighted by Gasteiger charge is -2.30. The Morgan fingerprint density at radius 3 is 2.81 bits per heavy atom. The van der Waals surface area contributed by atoms with E-state index in [2.05, 4.69) is 24.9 Å². The topological polar surface area (TPSA) is 42.4 Å². The molecule has 2 aliphatic rings. The highest BCUT2D eigenvalue weighted by Crippen LogP contribution is 2.31. The molecule has 0 aromatic carbocycles. The minimum absolute atomic E-state index is 0.139. The smallest absolute Gasteiger partial charge is 0.252 e. The highest BCUT2D eigenvalue weighted by Gasteiger charge is 2.38. The van der Waals surface area contributed by atoms with Crippen molar-refractivity contribution >= 4 is 11.5 Å². The zero-order valence-electron chi connectivity index (χ0n) is 12.7. The Morgan fingerprint density at radius 1 is 1.38 bits per heavy atom. The predicted molar refractivity (Wildman–Crippen MR) is 81.6 cm³/mol. The van der Waals surface area contributed by atoms with Gasteiger partial charge in [-0.1, -0.05) is 6.08 Å². The maximum Gasteiger partial charge on any atom is 0.252 e. The van der Waals surface area contributed by atoms with Gasteiger partial charge in [-0.05, 0) is 56.4 Å². The van der Waals surface area contributed by atoms with Crippen molar-refractivity contribution in [3.05, 3.63) is 36.2 Å². The average Bonchev–Trinajstić information content (AvgIpc) is 2.88. The fraction of sp³-hybridized carbons (Fsp3) is 0.529. The molecule has 0 saturated carbocycles. The van der Waals surface area contributed by atoms with E-state index in [4.69, 9.17) is 4.74 Å². The molecule has 1 fully saturated rings. The van der Waals surface area contributed by atoms with Crippen LogP contribution in [0.1, 0.15) is 38.7 Å². The molecule has 0 spiro atoms. The summed E-state index contributed by atoms with van der Waals surface area (Å²) in [5, 5.41) is 0. The minimum Gasteiger partial charge on any atom is -0.363 e. The van der Waals surface area contributed by atoms with Crippen LogP contribution in [0.4, 0.5) is 0 Å². The van der Waals surface area contributed by atoms with Crippen LogP contribution in [0, 0.1) is 0 Å². The Hall–Kier alpha value is -1.68. The third-order valence-electron chi connectivity index (χ3n) is 4.26. The van der Waals surface area contributed by atoms with E-state index < -0.39 is 0 Å². The average molecular weight is 286 g/mol. The van der Waals surface area contributed by atoms with Gasteiger partial charge in [0.2, 0.25) is 0 Å². The van der Waals surface area contributed by atoms with Gasteiger partial charge in [0.05, 0.1) is 5.60 Å². The van der Waals surface area contributed by atoms with Crippen molar-refractivity contribution in [3.63, 3.8) is 0 Å². The maximum atomic E-state index is 12.6. The summed E-state index contributed by atoms with van der Waals surface area (Å²) in [5.74, 6) is 0.139. The zero-order chi connectivity index (χ0) is 14.9. The van der Waals surface area contributed by atoms with Crippen LogP contribution in [0.2, 0.25) is 0 Å². The summed E-state index contributed by atoms with van der Waals surface area (Å²) in [7, 11) is 0. The van der Waals surface area contributed by atoms with E-state index in [1.165, 1.54) is 5.57 Å². The zero-order valence-corrected chi connectivity index (χ0v) is 12.7. The molecule has 1 atom stereocenters. The Bertz CT molecular complexity index is 551. The number of aromatic nitrogens is 1. The van der Waals surface area contributed by atoms with Gasteiger partial charge >= 0.3 is 0 Å². The van der Waals surface area contributed by atoms with E-state index in [0.29, 0.717) is 6.54 Å². The van der Waals surface area contributed by atoms with Crippen molar-refractivity contribution in [3.8, 4) is 0 Å². The van der Waals surface area contributed by atoms with Crippen molar-refractivity contribution in [2.75, 3.05) is 13.1 Å². The molecule has 0 aliphatic carbocycles. The number of rotatable bonds is 2. The summed E-state index contributed by atoms with van der Waals surface area (Å²) in [6, 6.07) is 3.99. The minimum atomic E-state index is -0.267. The van der Waals surface area contributed by atoms with Crippen molar-refractivity contribution in [1.29, 1.82) is 0 Å². The molecule has 4 heteroatoms. The number of carbonyl (C=O) groups is 1. The van der Waals surface area contributed by atoms with Gasteiger partial charge < -0.3 is 9.64 Å². The van der Waals surface area contributed by atoms with E-state index in [1.807, 2.05) is 17.0 Å². The Balaban J connectivity index is 1.68. The van der Waals surface area contributed by atoms with Crippen molar-refractivity contribution < 1.29 is 9.53 Å². The fourth-order valence-electron chi connectivity index (χ4n) is 3.07. The van der Waals surface area contributed by atoms with Gasteiger partial charge in [-0.15, -0.1) is 0 Å². The van der Waals surface area contributed by atoms with E-state index >= 15 is 0 Å². The van der Waals surface area contributed by atoms with Gasteiger partial charge in [-0.25, -0.2) is 0 Å². The maximum absolute atomic E-state index is 12.6. The Morgan fingerprint density at radius 2 is 2.14 bits per heavy atom. The van der Waals surface area contributed by atoms with Crippen LogP contribution in [0.3, 0.4) is 0 Å². The molecule has 4 nitrogen and oxygen atoms in total. The second-order valence-corrected chi connectivity index (χ2v) is 6.42. The molecule has 0 bridgehead atoms. The predicted octanol–water partition coefficient (Wildman–Crippen LogP) is 2.65. The van der Waals surface area contributed by atoms with Gasteiger partial charge in [0.25, 0.3) is 5.91 Å². The summed E-state index contributed by atoms with van der Waals surface area (Å²) < 4.78 is 5.88. The summed E-state index contributed by atoms with van der Waals surface area (Å²) in [6.45, 7) is 5.56. The fourth-order valence-corrected chi connectivity index (χ4v) is 3.07. The van der Waals surface area contributed by atoms with Gasteiger partial charge in [0.1, 0.15) is 6.10 Å². The molecule has 3 heterocycles. The number of ether oxygens (including phenoxy) is 1. The van der Waals surface area contributed by atoms with Gasteiger partial charge in [-0.3, -0.25) is 9.78 Å². The summed E-state index contributed by atoms with van der Waals surface area (Å²) in [6.07, 6.45) is 8.22. The molecule has 0 radical (unpaired) electrons. The summed E-state index contributed by atoms with van der Waals surface area (Å²) in [5.41, 5.74) is 2.18. The highest BCUT2D eigenvalue weighted by atomic mass is 16.5. The quantitative estimate of drug-likeness (QED) is 0.839. The first-order chi connectivity index (χ1) is 10.1. The molecule has 0 N–H and O–H groups in total. The molecule has 112 valence electrons. The molecule has 1 aromatic heterocycles. The molecular formula is C17H22N2O2. The Labute approximate surface area is 125 Å². The number of hydrogen-bond donors (Lipinski definition) is 0. The number of hydrogen-bond acceptors (Lipinski definition) is 3. The van der Waals surface area contributed by atoms with E-state index in [9.17, 15) is 4.79 Å². The van der Waals surface area contributed by atoms with Gasteiger partial charge in [0.15, 0.2) is 0 Å². The number of amides is 1. The SMILES string of the molecule is CC1(C)CCC(C(=O)N2CCC=C(c3ccncc3)C2)O1. The third kappa shape index (κ3) is 3.16. The van der Waals surface area contributed by atoms with Crippen molar-refractivity contribution in [1.82, 2.24) is 9.88 Å². The molecule has 21 heavy (non-hydrogen) atoms. The Kier molecular flexibility index (Phi) is 3.81. The van der Waals surface area contributed by atoms with Gasteiger partial charge in [-0.2, -0.15) is 0 Å². The molecular weight excluding hydrogens is 264 g/mol. The monoisotopic (exact) mass is 286 g/mol. The molecule has 1 aromatic rings. The normalized spacial score (nSPS) is 24.8. The molecule has 1 unspecified atom stereocenters. The molecule has 1 amide bonds. The summed E-state index contributed by atoms with van der Waals surface area (Å²) in [4.78, 5) is 18.6. The lowest BCUT2D eigenvalue weighted by molar-refractivity contribution is -0.145. The van der Waals surface area contributed by atoms with Crippen molar-refractivity contribution in [2.24, 2.45) is 0 Å². The lowest BCUT2D eigenvalue weighted by Crippen LogP contribution is -2.42. The van der Waals surface area contributed by atoms with Crippen LogP contribution < -0.4 is 0 Å². The molecule has 1 saturated heterocycles. The van der Waals surface area contributed by atoms with Gasteiger partial charge in [0, 0.05) is 25.5 Å². The van der Waals surface area contributed by atoms with E-state index in [-0.39, 0.29) is 17.6 Å². The van der Waals surface area contributed by atoms with Crippen LogP contribution >= 0.6 is 0 Å². The largest absolute Gasteiger partial charge is 0.363 e. The van der Waals surface area contributed by atoms with Crippen molar-refractivity contribution in [2.45, 2.75) is 44.8 Å².